The van der Waals surface area contributed by atoms with Gasteiger partial charge in [0.1, 0.15) is 6.04 Å². The summed E-state index contributed by atoms with van der Waals surface area (Å²) in [5, 5.41) is 2.69. The maximum atomic E-state index is 12.8. The maximum absolute atomic E-state index is 12.8. The highest BCUT2D eigenvalue weighted by Gasteiger charge is 2.40. The van der Waals surface area contributed by atoms with E-state index in [1.807, 2.05) is 0 Å². The van der Waals surface area contributed by atoms with E-state index in [0.29, 0.717) is 5.56 Å². The van der Waals surface area contributed by atoms with E-state index in [1.54, 1.807) is 12.1 Å². The highest BCUT2D eigenvalue weighted by Crippen LogP contribution is 2.32. The molecular weight excluding hydrogens is 361 g/mol. The number of carbonyl (C=O) groups excluding carboxylic acids is 3. The number of carbonyl (C=O) groups is 3. The van der Waals surface area contributed by atoms with Crippen molar-refractivity contribution in [3.63, 3.8) is 0 Å². The first-order chi connectivity index (χ1) is 12.7. The Balaban J connectivity index is 1.83. The molecule has 1 saturated heterocycles. The summed E-state index contributed by atoms with van der Waals surface area (Å²) in [7, 11) is 0. The average Bonchev–Trinajstić information content (AvgIpc) is 2.88. The largest absolute Gasteiger partial charge is 0.416 e. The summed E-state index contributed by atoms with van der Waals surface area (Å²) in [6, 6.07) is 9.52. The van der Waals surface area contributed by atoms with Gasteiger partial charge in [-0.2, -0.15) is 13.2 Å². The topological polar surface area (TPSA) is 66.5 Å². The van der Waals surface area contributed by atoms with Gasteiger partial charge in [-0.1, -0.05) is 18.2 Å². The lowest BCUT2D eigenvalue weighted by atomic mass is 10.1. The van der Waals surface area contributed by atoms with Crippen LogP contribution < -0.4 is 10.2 Å². The third-order valence-electron chi connectivity index (χ3n) is 4.19. The van der Waals surface area contributed by atoms with E-state index < -0.39 is 29.6 Å². The molecule has 1 atom stereocenters. The van der Waals surface area contributed by atoms with Crippen molar-refractivity contribution < 1.29 is 27.6 Å². The van der Waals surface area contributed by atoms with Crippen LogP contribution in [0.25, 0.3) is 0 Å². The van der Waals surface area contributed by atoms with Crippen LogP contribution in [-0.2, 0) is 15.8 Å². The fourth-order valence-electron chi connectivity index (χ4n) is 2.87. The molecule has 1 fully saturated rings. The van der Waals surface area contributed by atoms with Gasteiger partial charge in [-0.05, 0) is 37.3 Å². The van der Waals surface area contributed by atoms with Gasteiger partial charge in [-0.15, -0.1) is 0 Å². The average molecular weight is 376 g/mol. The third-order valence-corrected chi connectivity index (χ3v) is 4.19. The molecule has 0 saturated carbocycles. The van der Waals surface area contributed by atoms with E-state index in [0.717, 1.165) is 17.0 Å². The number of hydrogen-bond acceptors (Lipinski definition) is 4. The van der Waals surface area contributed by atoms with Crippen LogP contribution in [0, 0.1) is 0 Å². The Bertz CT molecular complexity index is 924. The van der Waals surface area contributed by atoms with Crippen molar-refractivity contribution in [3.8, 4) is 0 Å². The highest BCUT2D eigenvalue weighted by atomic mass is 19.4. The van der Waals surface area contributed by atoms with Gasteiger partial charge < -0.3 is 5.32 Å². The lowest BCUT2D eigenvalue weighted by molar-refractivity contribution is -0.137. The number of halogens is 3. The zero-order valence-electron chi connectivity index (χ0n) is 14.2. The minimum Gasteiger partial charge on any atom is -0.373 e. The number of amides is 2. The Morgan fingerprint density at radius 3 is 2.48 bits per heavy atom. The summed E-state index contributed by atoms with van der Waals surface area (Å²) < 4.78 is 38.5. The zero-order chi connectivity index (χ0) is 19.8. The second-order valence-corrected chi connectivity index (χ2v) is 6.15. The van der Waals surface area contributed by atoms with Crippen molar-refractivity contribution in [1.29, 1.82) is 0 Å². The van der Waals surface area contributed by atoms with Gasteiger partial charge in [-0.25, -0.2) is 4.90 Å². The van der Waals surface area contributed by atoms with E-state index in [1.165, 1.54) is 31.2 Å². The number of rotatable bonds is 4. The molecule has 1 heterocycles. The Hall–Kier alpha value is -3.16. The number of nitrogens with zero attached hydrogens (tertiary/aromatic N) is 1. The van der Waals surface area contributed by atoms with Crippen molar-refractivity contribution in [2.45, 2.75) is 25.6 Å². The number of ketones is 1. The van der Waals surface area contributed by atoms with Crippen molar-refractivity contribution in [2.75, 3.05) is 10.2 Å². The Morgan fingerprint density at radius 1 is 1.11 bits per heavy atom. The normalized spacial score (nSPS) is 17.3. The van der Waals surface area contributed by atoms with Gasteiger partial charge in [0.2, 0.25) is 5.91 Å². The summed E-state index contributed by atoms with van der Waals surface area (Å²) in [5.41, 5.74) is -0.154. The third kappa shape index (κ3) is 3.84. The quantitative estimate of drug-likeness (QED) is 0.653. The first kappa shape index (κ1) is 18.6. The second-order valence-electron chi connectivity index (χ2n) is 6.15. The molecule has 1 aliphatic heterocycles. The van der Waals surface area contributed by atoms with E-state index in [4.69, 9.17) is 0 Å². The van der Waals surface area contributed by atoms with E-state index >= 15 is 0 Å². The highest BCUT2D eigenvalue weighted by molar-refractivity contribution is 6.23. The van der Waals surface area contributed by atoms with Crippen molar-refractivity contribution in [2.24, 2.45) is 0 Å². The molecule has 0 aromatic heterocycles. The van der Waals surface area contributed by atoms with Gasteiger partial charge in [0.25, 0.3) is 5.91 Å². The molecule has 0 unspecified atom stereocenters. The molecule has 0 aliphatic carbocycles. The fourth-order valence-corrected chi connectivity index (χ4v) is 2.87. The van der Waals surface area contributed by atoms with Crippen molar-refractivity contribution >= 4 is 29.0 Å². The molecule has 1 N–H and O–H groups in total. The molecule has 140 valence electrons. The van der Waals surface area contributed by atoms with Crippen LogP contribution in [0.3, 0.4) is 0 Å². The molecule has 27 heavy (non-hydrogen) atoms. The van der Waals surface area contributed by atoms with Crippen LogP contribution >= 0.6 is 0 Å². The standard InChI is InChI=1S/C19H15F3N2O3/c1-11(25)12-4-2-7-15(8-12)24-17(26)10-16(18(24)27)23-14-6-3-5-13(9-14)19(20,21)22/h2-9,16,23H,10H2,1H3/t16-/m1/s1. The number of anilines is 2. The fraction of sp³-hybridized carbons (Fsp3) is 0.211. The SMILES string of the molecule is CC(=O)c1cccc(N2C(=O)C[C@@H](Nc3cccc(C(F)(F)F)c3)C2=O)c1. The molecule has 2 aromatic carbocycles. The molecule has 0 bridgehead atoms. The molecule has 1 aliphatic rings. The van der Waals surface area contributed by atoms with Crippen LogP contribution in [0.4, 0.5) is 24.5 Å². The van der Waals surface area contributed by atoms with Gasteiger partial charge in [0.15, 0.2) is 5.78 Å². The van der Waals surface area contributed by atoms with Crippen molar-refractivity contribution in [1.82, 2.24) is 0 Å². The van der Waals surface area contributed by atoms with Crippen LogP contribution in [0.5, 0.6) is 0 Å². The molecule has 0 radical (unpaired) electrons. The summed E-state index contributed by atoms with van der Waals surface area (Å²) >= 11 is 0. The lowest BCUT2D eigenvalue weighted by Crippen LogP contribution is -2.34. The molecule has 2 amide bonds. The Kier molecular flexibility index (Phi) is 4.73. The molecule has 0 spiro atoms. The predicted molar refractivity (Wildman–Crippen MR) is 92.4 cm³/mol. The molecule has 2 aromatic rings. The molecule has 8 heteroatoms. The monoisotopic (exact) mass is 376 g/mol. The summed E-state index contributed by atoms with van der Waals surface area (Å²) in [6.07, 6.45) is -4.70. The molecular formula is C19H15F3N2O3. The van der Waals surface area contributed by atoms with Gasteiger partial charge in [0.05, 0.1) is 17.7 Å². The van der Waals surface area contributed by atoms with E-state index in [9.17, 15) is 27.6 Å². The number of benzene rings is 2. The number of Topliss-reactive ketones (excluding diaryl/α,β-unsaturated/α-hetero) is 1. The van der Waals surface area contributed by atoms with Crippen LogP contribution in [0.2, 0.25) is 0 Å². The van der Waals surface area contributed by atoms with Crippen LogP contribution in [0.1, 0.15) is 29.3 Å². The smallest absolute Gasteiger partial charge is 0.373 e. The van der Waals surface area contributed by atoms with E-state index in [2.05, 4.69) is 5.32 Å². The summed E-state index contributed by atoms with van der Waals surface area (Å²) in [4.78, 5) is 37.4. The van der Waals surface area contributed by atoms with Crippen LogP contribution in [-0.4, -0.2) is 23.6 Å². The minimum atomic E-state index is -4.51. The Labute approximate surface area is 152 Å². The minimum absolute atomic E-state index is 0.0929. The molecule has 5 nitrogen and oxygen atoms in total. The Morgan fingerprint density at radius 2 is 1.81 bits per heavy atom. The van der Waals surface area contributed by atoms with Gasteiger partial charge in [-0.3, -0.25) is 14.4 Å². The first-order valence-electron chi connectivity index (χ1n) is 8.08. The van der Waals surface area contributed by atoms with Gasteiger partial charge >= 0.3 is 6.18 Å². The second kappa shape index (κ2) is 6.86. The maximum Gasteiger partial charge on any atom is 0.416 e. The molecule has 3 rings (SSSR count). The summed E-state index contributed by atoms with van der Waals surface area (Å²) in [5.74, 6) is -1.29. The van der Waals surface area contributed by atoms with Gasteiger partial charge in [0, 0.05) is 11.3 Å². The number of imide groups is 1. The number of nitrogens with one attached hydrogen (secondary N) is 1. The summed E-state index contributed by atoms with van der Waals surface area (Å²) in [6.45, 7) is 1.37. The number of alkyl halides is 3. The lowest BCUT2D eigenvalue weighted by Gasteiger charge is -2.17. The van der Waals surface area contributed by atoms with Crippen molar-refractivity contribution in [3.05, 3.63) is 59.7 Å². The first-order valence-corrected chi connectivity index (χ1v) is 8.08. The zero-order valence-corrected chi connectivity index (χ0v) is 14.2. The predicted octanol–water partition coefficient (Wildman–Crippen LogP) is 3.65. The van der Waals surface area contributed by atoms with Crippen LogP contribution in [0.15, 0.2) is 48.5 Å². The van der Waals surface area contributed by atoms with E-state index in [-0.39, 0.29) is 23.6 Å². The number of hydrogen-bond donors (Lipinski definition) is 1.